The molecule has 2 amide bonds. The fraction of sp³-hybridized carbons (Fsp3) is 0.576. The van der Waals surface area contributed by atoms with Crippen molar-refractivity contribution in [3.63, 3.8) is 0 Å². The molecule has 1 N–H and O–H groups in total. The number of nitrogens with zero attached hydrogens (tertiary/aromatic N) is 4. The normalized spacial score (nSPS) is 22.0. The van der Waals surface area contributed by atoms with Gasteiger partial charge in [0.2, 0.25) is 0 Å². The summed E-state index contributed by atoms with van der Waals surface area (Å²) in [5.41, 5.74) is -1.45. The summed E-state index contributed by atoms with van der Waals surface area (Å²) < 4.78 is 58.2. The van der Waals surface area contributed by atoms with Crippen LogP contribution in [0.5, 0.6) is 5.75 Å². The van der Waals surface area contributed by atoms with Crippen LogP contribution in [-0.4, -0.2) is 59.3 Å². The van der Waals surface area contributed by atoms with Crippen molar-refractivity contribution in [2.45, 2.75) is 103 Å². The molecule has 0 atom stereocenters. The summed E-state index contributed by atoms with van der Waals surface area (Å²) in [5.74, 6) is 0.550. The number of alkyl carbamates (subject to hydrolysis) is 1. The maximum Gasteiger partial charge on any atom is 0.416 e. The van der Waals surface area contributed by atoms with Gasteiger partial charge < -0.3 is 24.4 Å². The lowest BCUT2D eigenvalue weighted by atomic mass is 9.39. The van der Waals surface area contributed by atoms with Gasteiger partial charge in [0, 0.05) is 22.7 Å². The molecule has 4 aliphatic rings. The zero-order valence-corrected chi connectivity index (χ0v) is 27.0. The largest absolute Gasteiger partial charge is 0.493 e. The number of ether oxygens (including phenoxy) is 3. The number of hydrogen-bond acceptors (Lipinski definition) is 8. The number of carbonyl (C=O) groups excluding carboxylic acids is 2. The quantitative estimate of drug-likeness (QED) is 0.301. The van der Waals surface area contributed by atoms with Crippen LogP contribution in [-0.2, 0) is 9.47 Å². The lowest BCUT2D eigenvalue weighted by Gasteiger charge is -2.69. The Bertz CT molecular complexity index is 1500. The summed E-state index contributed by atoms with van der Waals surface area (Å²) in [6.07, 6.45) is -0.716. The van der Waals surface area contributed by atoms with Crippen molar-refractivity contribution in [1.29, 1.82) is 5.26 Å². The number of halogens is 3. The van der Waals surface area contributed by atoms with Gasteiger partial charge in [-0.15, -0.1) is 0 Å². The summed E-state index contributed by atoms with van der Waals surface area (Å²) in [6.45, 7) is 9.69. The van der Waals surface area contributed by atoms with Gasteiger partial charge in [0.15, 0.2) is 5.82 Å². The van der Waals surface area contributed by atoms with Crippen LogP contribution in [0, 0.1) is 16.7 Å². The van der Waals surface area contributed by atoms with Gasteiger partial charge in [-0.3, -0.25) is 4.90 Å². The maximum atomic E-state index is 13.8. The van der Waals surface area contributed by atoms with E-state index in [-0.39, 0.29) is 39.8 Å². The smallest absolute Gasteiger partial charge is 0.416 e. The fourth-order valence-electron chi connectivity index (χ4n) is 6.19. The van der Waals surface area contributed by atoms with Crippen LogP contribution in [0.1, 0.15) is 79.2 Å². The first-order chi connectivity index (χ1) is 21.3. The fourth-order valence-corrected chi connectivity index (χ4v) is 6.19. The van der Waals surface area contributed by atoms with Gasteiger partial charge in [0.1, 0.15) is 29.6 Å². The highest BCUT2D eigenvalue weighted by Gasteiger charge is 2.69. The number of rotatable bonds is 9. The van der Waals surface area contributed by atoms with Crippen LogP contribution in [0.25, 0.3) is 0 Å². The monoisotopic (exact) mass is 643 g/mol. The third-order valence-corrected chi connectivity index (χ3v) is 7.95. The highest BCUT2D eigenvalue weighted by molar-refractivity contribution is 5.90. The van der Waals surface area contributed by atoms with E-state index in [0.717, 1.165) is 24.2 Å². The molecule has 0 saturated heterocycles. The van der Waals surface area contributed by atoms with Crippen molar-refractivity contribution in [1.82, 2.24) is 10.3 Å². The second kappa shape index (κ2) is 11.5. The number of nitriles is 1. The highest BCUT2D eigenvalue weighted by atomic mass is 19.4. The summed E-state index contributed by atoms with van der Waals surface area (Å²) >= 11 is 0. The van der Waals surface area contributed by atoms with E-state index in [2.05, 4.69) is 10.3 Å². The summed E-state index contributed by atoms with van der Waals surface area (Å²) in [5, 5.41) is 12.9. The van der Waals surface area contributed by atoms with Gasteiger partial charge in [-0.05, 0) is 104 Å². The van der Waals surface area contributed by atoms with Gasteiger partial charge in [-0.25, -0.2) is 14.6 Å². The average molecular weight is 644 g/mol. The van der Waals surface area contributed by atoms with E-state index < -0.39 is 36.1 Å². The van der Waals surface area contributed by atoms with Crippen molar-refractivity contribution in [2.24, 2.45) is 5.41 Å². The van der Waals surface area contributed by atoms with Crippen LogP contribution < -0.4 is 19.9 Å². The molecule has 248 valence electrons. The third-order valence-electron chi connectivity index (χ3n) is 7.95. The van der Waals surface area contributed by atoms with Crippen molar-refractivity contribution < 1.29 is 37.0 Å². The molecule has 2 aromatic rings. The highest BCUT2D eigenvalue weighted by Crippen LogP contribution is 2.67. The van der Waals surface area contributed by atoms with Crippen LogP contribution in [0.4, 0.5) is 40.0 Å². The number of aromatic nitrogens is 1. The summed E-state index contributed by atoms with van der Waals surface area (Å²) in [6, 6.07) is 9.34. The second-order valence-corrected chi connectivity index (χ2v) is 14.7. The lowest BCUT2D eigenvalue weighted by molar-refractivity contribution is -0.170. The Morgan fingerprint density at radius 3 is 2.13 bits per heavy atom. The predicted octanol–water partition coefficient (Wildman–Crippen LogP) is 7.38. The number of nitrogens with one attached hydrogen (secondary N) is 1. The minimum Gasteiger partial charge on any atom is -0.493 e. The van der Waals surface area contributed by atoms with Gasteiger partial charge in [0.05, 0.1) is 24.1 Å². The van der Waals surface area contributed by atoms with Crippen molar-refractivity contribution >= 4 is 29.4 Å². The Morgan fingerprint density at radius 2 is 1.61 bits per heavy atom. The molecule has 46 heavy (non-hydrogen) atoms. The van der Waals surface area contributed by atoms with Gasteiger partial charge in [-0.2, -0.15) is 18.4 Å². The summed E-state index contributed by atoms with van der Waals surface area (Å²) in [4.78, 5) is 31.8. The SMILES string of the molecule is CC(C)(C)OC(=O)NC12CC(COc3ccc(N(CC(F)(F)F)c4cnc(N(C(=O)OC(C)(C)C)C5CC5)c(C#N)c4)cc3)(C1)C2. The zero-order valence-electron chi connectivity index (χ0n) is 27.0. The van der Waals surface area contributed by atoms with Crippen molar-refractivity contribution in [3.8, 4) is 11.8 Å². The van der Waals surface area contributed by atoms with Crippen LogP contribution >= 0.6 is 0 Å². The standard InChI is InChI=1S/C33H40F3N5O5/c1-29(2,3)45-27(42)39-32-16-31(17-32,18-32)20-44-25-11-9-22(10-12-25)40(19-33(34,35)36)24-13-21(14-37)26(38-15-24)41(23-7-8-23)28(43)46-30(4,5)6/h9-13,15,23H,7-8,16-20H2,1-6H3,(H,39,42). The first-order valence-corrected chi connectivity index (χ1v) is 15.3. The number of pyridine rings is 1. The van der Waals surface area contributed by atoms with Crippen molar-refractivity contribution in [2.75, 3.05) is 23.0 Å². The molecule has 10 nitrogen and oxygen atoms in total. The molecular formula is C33H40F3N5O5. The molecule has 4 fully saturated rings. The topological polar surface area (TPSA) is 117 Å². The molecule has 1 aromatic carbocycles. The number of amides is 2. The lowest BCUT2D eigenvalue weighted by Crippen LogP contribution is -2.76. The molecule has 0 radical (unpaired) electrons. The minimum absolute atomic E-state index is 0.0418. The molecule has 0 aliphatic heterocycles. The van der Waals surface area contributed by atoms with E-state index in [4.69, 9.17) is 14.2 Å². The Kier molecular flexibility index (Phi) is 8.32. The molecule has 0 unspecified atom stereocenters. The molecule has 2 bridgehead atoms. The van der Waals surface area contributed by atoms with Crippen molar-refractivity contribution in [3.05, 3.63) is 42.1 Å². The number of benzene rings is 1. The predicted molar refractivity (Wildman–Crippen MR) is 164 cm³/mol. The van der Waals surface area contributed by atoms with Gasteiger partial charge in [-0.1, -0.05) is 0 Å². The van der Waals surface area contributed by atoms with E-state index in [1.807, 2.05) is 26.8 Å². The molecular weight excluding hydrogens is 603 g/mol. The first kappa shape index (κ1) is 33.2. The minimum atomic E-state index is -4.56. The van der Waals surface area contributed by atoms with Crippen LogP contribution in [0.2, 0.25) is 0 Å². The van der Waals surface area contributed by atoms with E-state index in [1.165, 1.54) is 29.3 Å². The van der Waals surface area contributed by atoms with Gasteiger partial charge in [0.25, 0.3) is 0 Å². The number of hydrogen-bond donors (Lipinski definition) is 1. The van der Waals surface area contributed by atoms with Crippen LogP contribution in [0.3, 0.4) is 0 Å². The maximum absolute atomic E-state index is 13.8. The Labute approximate surface area is 266 Å². The Balaban J connectivity index is 1.27. The molecule has 4 saturated carbocycles. The zero-order chi connectivity index (χ0) is 33.7. The molecule has 13 heteroatoms. The first-order valence-electron chi connectivity index (χ1n) is 15.3. The van der Waals surface area contributed by atoms with Crippen LogP contribution in [0.15, 0.2) is 36.5 Å². The second-order valence-electron chi connectivity index (χ2n) is 14.7. The number of alkyl halides is 3. The number of carbonyl (C=O) groups is 2. The van der Waals surface area contributed by atoms with E-state index >= 15 is 0 Å². The molecule has 0 spiro atoms. The third kappa shape index (κ3) is 7.77. The van der Waals surface area contributed by atoms with E-state index in [9.17, 15) is 28.0 Å². The number of anilines is 3. The molecule has 6 rings (SSSR count). The van der Waals surface area contributed by atoms with E-state index in [0.29, 0.717) is 25.2 Å². The summed E-state index contributed by atoms with van der Waals surface area (Å²) in [7, 11) is 0. The molecule has 1 aromatic heterocycles. The molecule has 1 heterocycles. The van der Waals surface area contributed by atoms with Gasteiger partial charge >= 0.3 is 18.4 Å². The Morgan fingerprint density at radius 1 is 1.00 bits per heavy atom. The molecule has 4 aliphatic carbocycles. The van der Waals surface area contributed by atoms with E-state index in [1.54, 1.807) is 32.9 Å². The Hall–Kier alpha value is -4.21. The average Bonchev–Trinajstić information content (AvgIpc) is 3.71.